The van der Waals surface area contributed by atoms with Gasteiger partial charge in [-0.05, 0) is 41.8 Å². The van der Waals surface area contributed by atoms with E-state index in [1.165, 1.54) is 6.07 Å². The number of benzene rings is 3. The summed E-state index contributed by atoms with van der Waals surface area (Å²) in [7, 11) is 3.16. The van der Waals surface area contributed by atoms with Gasteiger partial charge in [-0.1, -0.05) is 36.4 Å². The van der Waals surface area contributed by atoms with Crippen LogP contribution in [0.25, 0.3) is 22.1 Å². The molecule has 166 valence electrons. The summed E-state index contributed by atoms with van der Waals surface area (Å²) in [5.74, 6) is 1.04. The second kappa shape index (κ2) is 8.13. The molecule has 0 N–H and O–H groups in total. The average Bonchev–Trinajstić information content (AvgIpc) is 2.82. The molecule has 33 heavy (non-hydrogen) atoms. The van der Waals surface area contributed by atoms with Gasteiger partial charge in [0, 0.05) is 23.1 Å². The second-order valence-corrected chi connectivity index (χ2v) is 8.00. The normalized spacial score (nSPS) is 15.1. The minimum absolute atomic E-state index is 0.187. The lowest BCUT2D eigenvalue weighted by Gasteiger charge is -2.28. The molecular formula is C27H22O6. The molecule has 0 saturated carbocycles. The molecule has 0 fully saturated rings. The lowest BCUT2D eigenvalue weighted by Crippen LogP contribution is -2.22. The summed E-state index contributed by atoms with van der Waals surface area (Å²) < 4.78 is 22.2. The van der Waals surface area contributed by atoms with Gasteiger partial charge in [0.25, 0.3) is 0 Å². The molecule has 1 unspecified atom stereocenters. The molecular weight excluding hydrogens is 420 g/mol. The Labute approximate surface area is 190 Å². The molecule has 3 aromatic carbocycles. The zero-order chi connectivity index (χ0) is 23.1. The SMILES string of the molecule is COc1ccc(C2CC(=O)Oc3c2c(C)cc2oc(=O)cc(-c4ccccc4)c32)cc1OC. The van der Waals surface area contributed by atoms with E-state index in [9.17, 15) is 9.59 Å². The van der Waals surface area contributed by atoms with Gasteiger partial charge >= 0.3 is 11.6 Å². The van der Waals surface area contributed by atoms with E-state index < -0.39 is 5.63 Å². The van der Waals surface area contributed by atoms with Gasteiger partial charge in [-0.2, -0.15) is 0 Å². The fraction of sp³-hybridized carbons (Fsp3) is 0.185. The summed E-state index contributed by atoms with van der Waals surface area (Å²) >= 11 is 0. The van der Waals surface area contributed by atoms with Gasteiger partial charge in [0.1, 0.15) is 11.3 Å². The number of hydrogen-bond acceptors (Lipinski definition) is 6. The van der Waals surface area contributed by atoms with Crippen LogP contribution < -0.4 is 19.8 Å². The van der Waals surface area contributed by atoms with Crippen molar-refractivity contribution in [3.05, 3.63) is 87.8 Å². The number of esters is 1. The van der Waals surface area contributed by atoms with E-state index in [0.29, 0.717) is 33.8 Å². The van der Waals surface area contributed by atoms with Crippen LogP contribution in [-0.2, 0) is 4.79 Å². The first-order valence-corrected chi connectivity index (χ1v) is 10.6. The van der Waals surface area contributed by atoms with Crippen LogP contribution in [0.3, 0.4) is 0 Å². The van der Waals surface area contributed by atoms with Crippen molar-refractivity contribution < 1.29 is 23.4 Å². The first-order valence-electron chi connectivity index (χ1n) is 10.6. The van der Waals surface area contributed by atoms with Gasteiger partial charge in [-0.25, -0.2) is 4.79 Å². The van der Waals surface area contributed by atoms with E-state index in [2.05, 4.69) is 0 Å². The van der Waals surface area contributed by atoms with E-state index in [4.69, 9.17) is 18.6 Å². The van der Waals surface area contributed by atoms with Crippen LogP contribution >= 0.6 is 0 Å². The maximum absolute atomic E-state index is 12.8. The van der Waals surface area contributed by atoms with Crippen molar-refractivity contribution in [2.45, 2.75) is 19.3 Å². The van der Waals surface area contributed by atoms with Crippen molar-refractivity contribution in [2.75, 3.05) is 14.2 Å². The quantitative estimate of drug-likeness (QED) is 0.245. The minimum Gasteiger partial charge on any atom is -0.493 e. The van der Waals surface area contributed by atoms with Gasteiger partial charge in [0.05, 0.1) is 26.0 Å². The lowest BCUT2D eigenvalue weighted by atomic mass is 9.82. The highest BCUT2D eigenvalue weighted by Gasteiger charge is 2.33. The number of hydrogen-bond donors (Lipinski definition) is 0. The highest BCUT2D eigenvalue weighted by molar-refractivity contribution is 6.01. The fourth-order valence-electron chi connectivity index (χ4n) is 4.60. The van der Waals surface area contributed by atoms with Crippen LogP contribution in [0.15, 0.2) is 69.9 Å². The number of rotatable bonds is 4. The van der Waals surface area contributed by atoms with Gasteiger partial charge in [0.2, 0.25) is 0 Å². The summed E-state index contributed by atoms with van der Waals surface area (Å²) in [5, 5.41) is 0.611. The highest BCUT2D eigenvalue weighted by atomic mass is 16.5. The molecule has 0 radical (unpaired) electrons. The van der Waals surface area contributed by atoms with Crippen molar-refractivity contribution >= 4 is 16.9 Å². The number of fused-ring (bicyclic) bond motifs is 3. The monoisotopic (exact) mass is 442 g/mol. The summed E-state index contributed by atoms with van der Waals surface area (Å²) in [4.78, 5) is 25.1. The Hall–Kier alpha value is -4.06. The minimum atomic E-state index is -0.459. The smallest absolute Gasteiger partial charge is 0.336 e. The third kappa shape index (κ3) is 3.53. The van der Waals surface area contributed by atoms with Crippen molar-refractivity contribution in [3.63, 3.8) is 0 Å². The summed E-state index contributed by atoms with van der Waals surface area (Å²) in [6, 6.07) is 18.5. The molecule has 6 nitrogen and oxygen atoms in total. The Morgan fingerprint density at radius 1 is 0.909 bits per heavy atom. The van der Waals surface area contributed by atoms with Crippen LogP contribution in [0.4, 0.5) is 0 Å². The van der Waals surface area contributed by atoms with Crippen molar-refractivity contribution in [2.24, 2.45) is 0 Å². The van der Waals surface area contributed by atoms with Gasteiger partial charge in [0.15, 0.2) is 11.5 Å². The van der Waals surface area contributed by atoms with E-state index in [1.54, 1.807) is 14.2 Å². The molecule has 1 aliphatic rings. The van der Waals surface area contributed by atoms with E-state index in [0.717, 1.165) is 22.3 Å². The predicted octanol–water partition coefficient (Wildman–Crippen LogP) is 5.23. The molecule has 4 aromatic rings. The van der Waals surface area contributed by atoms with Gasteiger partial charge in [-0.15, -0.1) is 0 Å². The Kier molecular flexibility index (Phi) is 5.13. The number of carbonyl (C=O) groups excluding carboxylic acids is 1. The van der Waals surface area contributed by atoms with E-state index >= 15 is 0 Å². The first-order chi connectivity index (χ1) is 16.0. The predicted molar refractivity (Wildman–Crippen MR) is 124 cm³/mol. The molecule has 2 heterocycles. The molecule has 1 aliphatic heterocycles. The Morgan fingerprint density at radius 3 is 2.39 bits per heavy atom. The zero-order valence-electron chi connectivity index (χ0n) is 18.5. The summed E-state index contributed by atoms with van der Waals surface area (Å²) in [6.45, 7) is 1.93. The molecule has 6 heteroatoms. The Morgan fingerprint density at radius 2 is 1.67 bits per heavy atom. The van der Waals surface area contributed by atoms with Gasteiger partial charge < -0.3 is 18.6 Å². The molecule has 0 spiro atoms. The molecule has 0 aliphatic carbocycles. The molecule has 0 amide bonds. The highest BCUT2D eigenvalue weighted by Crippen LogP contribution is 2.48. The van der Waals surface area contributed by atoms with Crippen molar-refractivity contribution in [1.82, 2.24) is 0 Å². The maximum Gasteiger partial charge on any atom is 0.336 e. The third-order valence-electron chi connectivity index (χ3n) is 6.06. The van der Waals surface area contributed by atoms with Crippen LogP contribution in [0, 0.1) is 6.92 Å². The lowest BCUT2D eigenvalue weighted by molar-refractivity contribution is -0.135. The van der Waals surface area contributed by atoms with E-state index in [1.807, 2.05) is 61.5 Å². The summed E-state index contributed by atoms with van der Waals surface area (Å²) in [5.41, 5.74) is 4.10. The van der Waals surface area contributed by atoms with E-state index in [-0.39, 0.29) is 18.3 Å². The largest absolute Gasteiger partial charge is 0.493 e. The zero-order valence-corrected chi connectivity index (χ0v) is 18.5. The standard InChI is InChI=1S/C27H22O6/c1-15-11-22-26(18(13-23(28)32-22)16-7-5-4-6-8-16)27-25(15)19(14-24(29)33-27)17-9-10-20(30-2)21(12-17)31-3/h4-13,19H,14H2,1-3H3. The van der Waals surface area contributed by atoms with Crippen LogP contribution in [-0.4, -0.2) is 20.2 Å². The molecule has 1 atom stereocenters. The molecule has 5 rings (SSSR count). The van der Waals surface area contributed by atoms with Crippen LogP contribution in [0.1, 0.15) is 29.0 Å². The third-order valence-corrected chi connectivity index (χ3v) is 6.06. The number of ether oxygens (including phenoxy) is 3. The maximum atomic E-state index is 12.8. The molecule has 0 bridgehead atoms. The Bertz CT molecular complexity index is 1430. The number of carbonyl (C=O) groups is 1. The first kappa shape index (κ1) is 20.8. The van der Waals surface area contributed by atoms with Crippen molar-refractivity contribution in [3.8, 4) is 28.4 Å². The number of aryl methyl sites for hydroxylation is 1. The topological polar surface area (TPSA) is 75.0 Å². The second-order valence-electron chi connectivity index (χ2n) is 8.00. The number of methoxy groups -OCH3 is 2. The molecule has 1 aromatic heterocycles. The molecule has 0 saturated heterocycles. The fourth-order valence-corrected chi connectivity index (χ4v) is 4.60. The average molecular weight is 442 g/mol. The van der Waals surface area contributed by atoms with Crippen LogP contribution in [0.5, 0.6) is 17.2 Å². The summed E-state index contributed by atoms with van der Waals surface area (Å²) in [6.07, 6.45) is 0.187. The van der Waals surface area contributed by atoms with Gasteiger partial charge in [-0.3, -0.25) is 4.79 Å². The van der Waals surface area contributed by atoms with Crippen molar-refractivity contribution in [1.29, 1.82) is 0 Å². The van der Waals surface area contributed by atoms with Crippen LogP contribution in [0.2, 0.25) is 0 Å². The Balaban J connectivity index is 1.80.